The van der Waals surface area contributed by atoms with Crippen LogP contribution in [0.25, 0.3) is 0 Å². The average Bonchev–Trinajstić information content (AvgIpc) is 2.98. The highest BCUT2D eigenvalue weighted by Gasteiger charge is 2.48. The molecule has 0 heterocycles. The fraction of sp³-hybridized carbons (Fsp3) is 0.875. The van der Waals surface area contributed by atoms with Crippen molar-refractivity contribution in [1.29, 1.82) is 0 Å². The van der Waals surface area contributed by atoms with E-state index in [0.717, 1.165) is 12.8 Å². The van der Waals surface area contributed by atoms with E-state index in [2.05, 4.69) is 10.0 Å². The van der Waals surface area contributed by atoms with Crippen LogP contribution in [0.3, 0.4) is 0 Å². The minimum atomic E-state index is -3.24. The van der Waals surface area contributed by atoms with Gasteiger partial charge in [-0.05, 0) is 19.9 Å². The van der Waals surface area contributed by atoms with Gasteiger partial charge in [-0.15, -0.1) is 0 Å². The zero-order valence-electron chi connectivity index (χ0n) is 8.75. The van der Waals surface area contributed by atoms with Crippen LogP contribution in [0.4, 0.5) is 0 Å². The van der Waals surface area contributed by atoms with E-state index in [0.29, 0.717) is 6.54 Å². The maximum absolute atomic E-state index is 11.5. The Balaban J connectivity index is 2.30. The molecule has 1 aliphatic carbocycles. The molecule has 0 aliphatic heterocycles. The van der Waals surface area contributed by atoms with Crippen molar-refractivity contribution < 1.29 is 13.2 Å². The predicted molar refractivity (Wildman–Crippen MR) is 56.6 cm³/mol. The van der Waals surface area contributed by atoms with Crippen LogP contribution in [0, 0.1) is 5.41 Å². The Morgan fingerprint density at radius 3 is 2.47 bits per heavy atom. The minimum Gasteiger partial charge on any atom is -0.355 e. The molecule has 1 saturated carbocycles. The van der Waals surface area contributed by atoms with Crippen molar-refractivity contribution in [2.24, 2.45) is 11.1 Å². The normalized spacial score (nSPS) is 18.5. The van der Waals surface area contributed by atoms with Crippen molar-refractivity contribution >= 4 is 15.9 Å². The van der Waals surface area contributed by atoms with Gasteiger partial charge in [0.2, 0.25) is 15.9 Å². The highest BCUT2D eigenvalue weighted by Crippen LogP contribution is 2.44. The van der Waals surface area contributed by atoms with Crippen molar-refractivity contribution in [1.82, 2.24) is 10.0 Å². The van der Waals surface area contributed by atoms with Crippen molar-refractivity contribution in [2.45, 2.75) is 12.8 Å². The summed E-state index contributed by atoms with van der Waals surface area (Å²) in [5, 5.41) is 2.59. The lowest BCUT2D eigenvalue weighted by atomic mass is 10.1. The van der Waals surface area contributed by atoms with E-state index in [1.165, 1.54) is 7.05 Å². The molecule has 0 unspecified atom stereocenters. The molecule has 4 N–H and O–H groups in total. The second kappa shape index (κ2) is 4.46. The molecule has 1 aliphatic rings. The topological polar surface area (TPSA) is 101 Å². The SMILES string of the molecule is CNS(=O)(=O)CCNC(=O)C1(CN)CC1. The number of rotatable bonds is 6. The summed E-state index contributed by atoms with van der Waals surface area (Å²) in [6, 6.07) is 0. The van der Waals surface area contributed by atoms with Gasteiger partial charge in [0, 0.05) is 13.1 Å². The Bertz CT molecular complexity index is 335. The van der Waals surface area contributed by atoms with Gasteiger partial charge in [-0.1, -0.05) is 0 Å². The molecule has 7 heteroatoms. The van der Waals surface area contributed by atoms with E-state index in [1.807, 2.05) is 0 Å². The van der Waals surface area contributed by atoms with Crippen molar-refractivity contribution in [3.8, 4) is 0 Å². The summed E-state index contributed by atoms with van der Waals surface area (Å²) in [6.45, 7) is 0.460. The van der Waals surface area contributed by atoms with Gasteiger partial charge in [0.25, 0.3) is 0 Å². The third-order valence-corrected chi connectivity index (χ3v) is 4.06. The maximum atomic E-state index is 11.5. The lowest BCUT2D eigenvalue weighted by Crippen LogP contribution is -2.39. The van der Waals surface area contributed by atoms with E-state index in [4.69, 9.17) is 5.73 Å². The van der Waals surface area contributed by atoms with Crippen LogP contribution < -0.4 is 15.8 Å². The van der Waals surface area contributed by atoms with Gasteiger partial charge in [-0.2, -0.15) is 0 Å². The van der Waals surface area contributed by atoms with Gasteiger partial charge < -0.3 is 11.1 Å². The Labute approximate surface area is 89.6 Å². The summed E-state index contributed by atoms with van der Waals surface area (Å²) in [5.74, 6) is -0.230. The number of nitrogens with one attached hydrogen (secondary N) is 2. The number of carbonyl (C=O) groups excluding carboxylic acids is 1. The number of hydrogen-bond donors (Lipinski definition) is 3. The lowest BCUT2D eigenvalue weighted by Gasteiger charge is -2.12. The van der Waals surface area contributed by atoms with Crippen LogP contribution in [0.1, 0.15) is 12.8 Å². The molecule has 0 aromatic rings. The smallest absolute Gasteiger partial charge is 0.227 e. The van der Waals surface area contributed by atoms with Crippen LogP contribution in [-0.2, 0) is 14.8 Å². The van der Waals surface area contributed by atoms with E-state index < -0.39 is 15.4 Å². The molecule has 0 aromatic heterocycles. The van der Waals surface area contributed by atoms with Crippen LogP contribution in [0.15, 0.2) is 0 Å². The fourth-order valence-corrected chi connectivity index (χ4v) is 1.84. The molecule has 0 atom stereocenters. The molecule has 6 nitrogen and oxygen atoms in total. The summed E-state index contributed by atoms with van der Waals surface area (Å²) in [7, 11) is -1.90. The Hall–Kier alpha value is -0.660. The first kappa shape index (κ1) is 12.4. The van der Waals surface area contributed by atoms with Gasteiger partial charge in [0.05, 0.1) is 11.2 Å². The summed E-state index contributed by atoms with van der Waals surface area (Å²) in [4.78, 5) is 11.5. The standard InChI is InChI=1S/C8H17N3O3S/c1-10-15(13,14)5-4-11-7(12)8(6-9)2-3-8/h10H,2-6,9H2,1H3,(H,11,12). The van der Waals surface area contributed by atoms with Crippen LogP contribution in [0.5, 0.6) is 0 Å². The molecule has 0 aromatic carbocycles. The van der Waals surface area contributed by atoms with Gasteiger partial charge >= 0.3 is 0 Å². The zero-order valence-corrected chi connectivity index (χ0v) is 9.56. The molecule has 0 radical (unpaired) electrons. The Morgan fingerprint density at radius 1 is 1.47 bits per heavy atom. The molecule has 1 fully saturated rings. The molecule has 0 saturated heterocycles. The molecular formula is C8H17N3O3S. The summed E-state index contributed by atoms with van der Waals surface area (Å²) in [5.41, 5.74) is 5.05. The number of amides is 1. The molecule has 0 bridgehead atoms. The van der Waals surface area contributed by atoms with Gasteiger partial charge in [-0.25, -0.2) is 13.1 Å². The third kappa shape index (κ3) is 3.15. The zero-order chi connectivity index (χ0) is 11.5. The fourth-order valence-electron chi connectivity index (χ4n) is 1.26. The maximum Gasteiger partial charge on any atom is 0.227 e. The molecule has 1 amide bonds. The second-order valence-corrected chi connectivity index (χ2v) is 5.81. The van der Waals surface area contributed by atoms with Crippen molar-refractivity contribution in [3.63, 3.8) is 0 Å². The molecule has 0 spiro atoms. The number of hydrogen-bond acceptors (Lipinski definition) is 4. The second-order valence-electron chi connectivity index (χ2n) is 3.76. The number of sulfonamides is 1. The molecular weight excluding hydrogens is 218 g/mol. The quantitative estimate of drug-likeness (QED) is 0.515. The number of carbonyl (C=O) groups is 1. The largest absolute Gasteiger partial charge is 0.355 e. The van der Waals surface area contributed by atoms with E-state index in [9.17, 15) is 13.2 Å². The van der Waals surface area contributed by atoms with Crippen LogP contribution in [0.2, 0.25) is 0 Å². The highest BCUT2D eigenvalue weighted by molar-refractivity contribution is 7.89. The monoisotopic (exact) mass is 235 g/mol. The highest BCUT2D eigenvalue weighted by atomic mass is 32.2. The van der Waals surface area contributed by atoms with Gasteiger partial charge in [-0.3, -0.25) is 4.79 Å². The third-order valence-electron chi connectivity index (χ3n) is 2.69. The van der Waals surface area contributed by atoms with E-state index in [-0.39, 0.29) is 18.2 Å². The summed E-state index contributed by atoms with van der Waals surface area (Å²) in [6.07, 6.45) is 1.60. The van der Waals surface area contributed by atoms with E-state index in [1.54, 1.807) is 0 Å². The lowest BCUT2D eigenvalue weighted by molar-refractivity contribution is -0.125. The first-order valence-electron chi connectivity index (χ1n) is 4.85. The van der Waals surface area contributed by atoms with Crippen molar-refractivity contribution in [3.05, 3.63) is 0 Å². The van der Waals surface area contributed by atoms with E-state index >= 15 is 0 Å². The van der Waals surface area contributed by atoms with Crippen LogP contribution in [-0.4, -0.2) is 40.2 Å². The minimum absolute atomic E-state index is 0.101. The summed E-state index contributed by atoms with van der Waals surface area (Å²) >= 11 is 0. The molecule has 1 rings (SSSR count). The Kier molecular flexibility index (Phi) is 3.69. The molecule has 88 valence electrons. The molecule has 15 heavy (non-hydrogen) atoms. The summed E-state index contributed by atoms with van der Waals surface area (Å²) < 4.78 is 24.2. The first-order chi connectivity index (χ1) is 6.96. The predicted octanol–water partition coefficient (Wildman–Crippen LogP) is -1.61. The van der Waals surface area contributed by atoms with Gasteiger partial charge in [0.15, 0.2) is 0 Å². The van der Waals surface area contributed by atoms with Crippen molar-refractivity contribution in [2.75, 3.05) is 25.9 Å². The van der Waals surface area contributed by atoms with Crippen LogP contribution >= 0.6 is 0 Å². The average molecular weight is 235 g/mol. The number of nitrogens with two attached hydrogens (primary N) is 1. The Morgan fingerprint density at radius 2 is 2.07 bits per heavy atom. The first-order valence-corrected chi connectivity index (χ1v) is 6.50. The van der Waals surface area contributed by atoms with Gasteiger partial charge in [0.1, 0.15) is 0 Å².